The fourth-order valence-corrected chi connectivity index (χ4v) is 2.08. The van der Waals surface area contributed by atoms with Crippen molar-refractivity contribution in [3.63, 3.8) is 0 Å². The minimum atomic E-state index is -0.0102. The minimum Gasteiger partial charge on any atom is -0.334 e. The van der Waals surface area contributed by atoms with Gasteiger partial charge in [0.05, 0.1) is 0 Å². The molecule has 1 heterocycles. The van der Waals surface area contributed by atoms with Crippen LogP contribution in [-0.2, 0) is 6.54 Å². The standard InChI is InChI=1S/C13H19N3O.ClH/c14-12-7-4-8-16(10-12)13(17)15-9-11-5-2-1-3-6-11;/h1-3,5-6,12H,4,7-10,14H2,(H,15,17);1H. The van der Waals surface area contributed by atoms with Gasteiger partial charge in [0.2, 0.25) is 0 Å². The monoisotopic (exact) mass is 269 g/mol. The first-order valence-electron chi connectivity index (χ1n) is 6.08. The van der Waals surface area contributed by atoms with E-state index in [0.29, 0.717) is 13.1 Å². The number of nitrogens with one attached hydrogen (secondary N) is 1. The number of likely N-dealkylation sites (tertiary alicyclic amines) is 1. The van der Waals surface area contributed by atoms with Gasteiger partial charge in [0, 0.05) is 25.7 Å². The van der Waals surface area contributed by atoms with E-state index < -0.39 is 0 Å². The van der Waals surface area contributed by atoms with Crippen LogP contribution in [0.15, 0.2) is 30.3 Å². The van der Waals surface area contributed by atoms with E-state index in [1.165, 1.54) is 0 Å². The highest BCUT2D eigenvalue weighted by Gasteiger charge is 2.20. The molecule has 5 heteroatoms. The topological polar surface area (TPSA) is 58.4 Å². The molecule has 1 unspecified atom stereocenters. The van der Waals surface area contributed by atoms with Crippen LogP contribution in [0.1, 0.15) is 18.4 Å². The fraction of sp³-hybridized carbons (Fsp3) is 0.462. The number of hydrogen-bond acceptors (Lipinski definition) is 2. The zero-order valence-corrected chi connectivity index (χ0v) is 11.2. The Labute approximate surface area is 114 Å². The van der Waals surface area contributed by atoms with Crippen molar-refractivity contribution in [3.05, 3.63) is 35.9 Å². The minimum absolute atomic E-state index is 0. The lowest BCUT2D eigenvalue weighted by molar-refractivity contribution is 0.179. The van der Waals surface area contributed by atoms with E-state index >= 15 is 0 Å². The molecule has 1 aliphatic rings. The van der Waals surface area contributed by atoms with Gasteiger partial charge in [0.1, 0.15) is 0 Å². The lowest BCUT2D eigenvalue weighted by atomic mass is 10.1. The predicted octanol–water partition coefficient (Wildman–Crippen LogP) is 1.74. The van der Waals surface area contributed by atoms with E-state index in [1.54, 1.807) is 4.90 Å². The van der Waals surface area contributed by atoms with E-state index in [9.17, 15) is 4.79 Å². The van der Waals surface area contributed by atoms with Crippen molar-refractivity contribution >= 4 is 18.4 Å². The van der Waals surface area contributed by atoms with Crippen LogP contribution in [0.25, 0.3) is 0 Å². The average molecular weight is 270 g/mol. The molecule has 2 rings (SSSR count). The lowest BCUT2D eigenvalue weighted by Gasteiger charge is -2.30. The normalized spacial score (nSPS) is 18.9. The molecule has 1 atom stereocenters. The van der Waals surface area contributed by atoms with E-state index in [2.05, 4.69) is 5.32 Å². The molecule has 18 heavy (non-hydrogen) atoms. The second kappa shape index (κ2) is 7.24. The lowest BCUT2D eigenvalue weighted by Crippen LogP contribution is -2.49. The molecule has 1 fully saturated rings. The third kappa shape index (κ3) is 4.20. The summed E-state index contributed by atoms with van der Waals surface area (Å²) < 4.78 is 0. The first-order chi connectivity index (χ1) is 8.25. The number of urea groups is 1. The highest BCUT2D eigenvalue weighted by Crippen LogP contribution is 2.08. The van der Waals surface area contributed by atoms with Crippen LogP contribution in [0.5, 0.6) is 0 Å². The summed E-state index contributed by atoms with van der Waals surface area (Å²) in [6.07, 6.45) is 2.02. The summed E-state index contributed by atoms with van der Waals surface area (Å²) in [5.74, 6) is 0. The van der Waals surface area contributed by atoms with Crippen LogP contribution < -0.4 is 11.1 Å². The summed E-state index contributed by atoms with van der Waals surface area (Å²) in [7, 11) is 0. The molecule has 1 saturated heterocycles. The number of nitrogens with zero attached hydrogens (tertiary/aromatic N) is 1. The van der Waals surface area contributed by atoms with Gasteiger partial charge in [0.15, 0.2) is 0 Å². The van der Waals surface area contributed by atoms with Gasteiger partial charge in [-0.05, 0) is 18.4 Å². The number of nitrogens with two attached hydrogens (primary N) is 1. The van der Waals surface area contributed by atoms with Crippen molar-refractivity contribution in [2.24, 2.45) is 5.73 Å². The maximum atomic E-state index is 11.9. The molecule has 0 saturated carbocycles. The molecule has 1 aliphatic heterocycles. The Kier molecular flexibility index (Phi) is 5.95. The number of amides is 2. The molecule has 3 N–H and O–H groups in total. The molecular weight excluding hydrogens is 250 g/mol. The predicted molar refractivity (Wildman–Crippen MR) is 74.7 cm³/mol. The van der Waals surface area contributed by atoms with E-state index in [0.717, 1.165) is 24.9 Å². The van der Waals surface area contributed by atoms with Gasteiger partial charge in [-0.2, -0.15) is 0 Å². The molecule has 1 aromatic rings. The van der Waals surface area contributed by atoms with Crippen LogP contribution in [0.2, 0.25) is 0 Å². The Bertz CT molecular complexity index is 372. The third-order valence-electron chi connectivity index (χ3n) is 3.03. The SMILES string of the molecule is Cl.NC1CCCN(C(=O)NCc2ccccc2)C1. The Hall–Kier alpha value is -1.26. The summed E-state index contributed by atoms with van der Waals surface area (Å²) in [4.78, 5) is 13.7. The second-order valence-electron chi connectivity index (χ2n) is 4.49. The van der Waals surface area contributed by atoms with Crippen molar-refractivity contribution in [2.45, 2.75) is 25.4 Å². The van der Waals surface area contributed by atoms with Gasteiger partial charge in [-0.1, -0.05) is 30.3 Å². The summed E-state index contributed by atoms with van der Waals surface area (Å²) in [6.45, 7) is 2.06. The molecule has 0 radical (unpaired) electrons. The van der Waals surface area contributed by atoms with Gasteiger partial charge >= 0.3 is 6.03 Å². The Morgan fingerprint density at radius 2 is 2.11 bits per heavy atom. The molecule has 0 spiro atoms. The van der Waals surface area contributed by atoms with Crippen molar-refractivity contribution in [3.8, 4) is 0 Å². The first-order valence-corrected chi connectivity index (χ1v) is 6.08. The number of rotatable bonds is 2. The largest absolute Gasteiger partial charge is 0.334 e. The highest BCUT2D eigenvalue weighted by atomic mass is 35.5. The number of piperidine rings is 1. The smallest absolute Gasteiger partial charge is 0.317 e. The quantitative estimate of drug-likeness (QED) is 0.859. The second-order valence-corrected chi connectivity index (χ2v) is 4.49. The molecular formula is C13H20ClN3O. The van der Waals surface area contributed by atoms with E-state index in [1.807, 2.05) is 30.3 Å². The van der Waals surface area contributed by atoms with Crippen molar-refractivity contribution in [2.75, 3.05) is 13.1 Å². The molecule has 2 amide bonds. The Balaban J connectivity index is 0.00000162. The van der Waals surface area contributed by atoms with Gasteiger partial charge in [0.25, 0.3) is 0 Å². The number of halogens is 1. The highest BCUT2D eigenvalue weighted by molar-refractivity contribution is 5.85. The first kappa shape index (κ1) is 14.8. The van der Waals surface area contributed by atoms with Gasteiger partial charge in [-0.25, -0.2) is 4.79 Å². The van der Waals surface area contributed by atoms with Crippen LogP contribution in [0, 0.1) is 0 Å². The van der Waals surface area contributed by atoms with Gasteiger partial charge < -0.3 is 16.0 Å². The van der Waals surface area contributed by atoms with Crippen molar-refractivity contribution in [1.82, 2.24) is 10.2 Å². The van der Waals surface area contributed by atoms with Crippen LogP contribution in [0.3, 0.4) is 0 Å². The number of carbonyl (C=O) groups is 1. The molecule has 4 nitrogen and oxygen atoms in total. The summed E-state index contributed by atoms with van der Waals surface area (Å²) in [5, 5.41) is 2.92. The zero-order valence-electron chi connectivity index (χ0n) is 10.3. The maximum absolute atomic E-state index is 11.9. The number of carbonyl (C=O) groups excluding carboxylic acids is 1. The number of hydrogen-bond donors (Lipinski definition) is 2. The van der Waals surface area contributed by atoms with Crippen LogP contribution in [0.4, 0.5) is 4.79 Å². The summed E-state index contributed by atoms with van der Waals surface area (Å²) in [6, 6.07) is 10.0. The summed E-state index contributed by atoms with van der Waals surface area (Å²) in [5.41, 5.74) is 6.96. The molecule has 0 aliphatic carbocycles. The fourth-order valence-electron chi connectivity index (χ4n) is 2.08. The Morgan fingerprint density at radius 1 is 1.39 bits per heavy atom. The Morgan fingerprint density at radius 3 is 2.78 bits per heavy atom. The van der Waals surface area contributed by atoms with Gasteiger partial charge in [-0.15, -0.1) is 12.4 Å². The van der Waals surface area contributed by atoms with Crippen molar-refractivity contribution < 1.29 is 4.79 Å². The van der Waals surface area contributed by atoms with Crippen molar-refractivity contribution in [1.29, 1.82) is 0 Å². The summed E-state index contributed by atoms with van der Waals surface area (Å²) >= 11 is 0. The third-order valence-corrected chi connectivity index (χ3v) is 3.03. The van der Waals surface area contributed by atoms with E-state index in [4.69, 9.17) is 5.73 Å². The van der Waals surface area contributed by atoms with Crippen LogP contribution in [-0.4, -0.2) is 30.1 Å². The van der Waals surface area contributed by atoms with E-state index in [-0.39, 0.29) is 24.5 Å². The average Bonchev–Trinajstić information content (AvgIpc) is 2.37. The van der Waals surface area contributed by atoms with Gasteiger partial charge in [-0.3, -0.25) is 0 Å². The molecule has 0 bridgehead atoms. The van der Waals surface area contributed by atoms with Crippen LogP contribution >= 0.6 is 12.4 Å². The molecule has 1 aromatic carbocycles. The molecule has 0 aromatic heterocycles. The maximum Gasteiger partial charge on any atom is 0.317 e. The molecule has 100 valence electrons. The zero-order chi connectivity index (χ0) is 12.1. The number of benzene rings is 1.